The number of ether oxygens (including phenoxy) is 2. The van der Waals surface area contributed by atoms with Gasteiger partial charge in [0.25, 0.3) is 0 Å². The summed E-state index contributed by atoms with van der Waals surface area (Å²) in [7, 11) is 1.58. The van der Waals surface area contributed by atoms with Crippen LogP contribution in [0.5, 0.6) is 11.5 Å². The molecule has 2 N–H and O–H groups in total. The van der Waals surface area contributed by atoms with Gasteiger partial charge in [-0.15, -0.1) is 0 Å². The van der Waals surface area contributed by atoms with Gasteiger partial charge in [0.05, 0.1) is 23.3 Å². The Kier molecular flexibility index (Phi) is 5.64. The van der Waals surface area contributed by atoms with E-state index in [9.17, 15) is 4.39 Å². The van der Waals surface area contributed by atoms with E-state index in [1.54, 1.807) is 37.6 Å². The zero-order valence-electron chi connectivity index (χ0n) is 16.4. The van der Waals surface area contributed by atoms with Crippen LogP contribution in [0.3, 0.4) is 0 Å². The summed E-state index contributed by atoms with van der Waals surface area (Å²) < 4.78 is 25.6. The summed E-state index contributed by atoms with van der Waals surface area (Å²) in [6, 6.07) is 14.5. The lowest BCUT2D eigenvalue weighted by atomic mass is 10.1. The zero-order chi connectivity index (χ0) is 22.0. The van der Waals surface area contributed by atoms with Gasteiger partial charge in [-0.05, 0) is 48.5 Å². The Morgan fingerprint density at radius 3 is 2.74 bits per heavy atom. The third kappa shape index (κ3) is 4.24. The summed E-state index contributed by atoms with van der Waals surface area (Å²) in [5, 5.41) is 21.5. The van der Waals surface area contributed by atoms with Crippen LogP contribution < -0.4 is 15.0 Å². The van der Waals surface area contributed by atoms with E-state index in [0.717, 1.165) is 10.1 Å². The van der Waals surface area contributed by atoms with Gasteiger partial charge in [-0.25, -0.2) is 4.39 Å². The minimum Gasteiger partial charge on any atom is -0.497 e. The number of aromatic nitrogens is 3. The van der Waals surface area contributed by atoms with Crippen molar-refractivity contribution in [3.63, 3.8) is 0 Å². The molecule has 0 aliphatic rings. The monoisotopic (exact) mass is 437 g/mol. The lowest BCUT2D eigenvalue weighted by Crippen LogP contribution is -2.32. The molecule has 0 atom stereocenters. The van der Waals surface area contributed by atoms with Gasteiger partial charge in [-0.3, -0.25) is 15.8 Å². The quantitative estimate of drug-likeness (QED) is 0.359. The third-order valence-corrected chi connectivity index (χ3v) is 4.87. The molecule has 2 heterocycles. The SMILES string of the molecule is COc1ccc2c(OCC(=N)n3nc(-c4ccc(F)c(Cl)c4)ccc3=N)ccnc2c1. The molecule has 0 saturated heterocycles. The zero-order valence-corrected chi connectivity index (χ0v) is 17.2. The van der Waals surface area contributed by atoms with Crippen molar-refractivity contribution in [2.45, 2.75) is 0 Å². The van der Waals surface area contributed by atoms with Gasteiger partial charge in [0, 0.05) is 23.2 Å². The van der Waals surface area contributed by atoms with Gasteiger partial charge in [-0.2, -0.15) is 9.78 Å². The number of hydrogen-bond acceptors (Lipinski definition) is 6. The first-order valence-electron chi connectivity index (χ1n) is 9.20. The summed E-state index contributed by atoms with van der Waals surface area (Å²) in [6.45, 7) is -0.123. The van der Waals surface area contributed by atoms with Gasteiger partial charge < -0.3 is 9.47 Å². The number of halogens is 2. The van der Waals surface area contributed by atoms with E-state index in [-0.39, 0.29) is 23.0 Å². The molecule has 0 unspecified atom stereocenters. The van der Waals surface area contributed by atoms with Gasteiger partial charge in [0.1, 0.15) is 29.4 Å². The molecule has 7 nitrogen and oxygen atoms in total. The van der Waals surface area contributed by atoms with Crippen LogP contribution in [0.1, 0.15) is 0 Å². The summed E-state index contributed by atoms with van der Waals surface area (Å²) in [5.41, 5.74) is 1.73. The first-order valence-corrected chi connectivity index (χ1v) is 9.58. The number of pyridine rings is 1. The lowest BCUT2D eigenvalue weighted by molar-refractivity contribution is 0.373. The highest BCUT2D eigenvalue weighted by Crippen LogP contribution is 2.27. The van der Waals surface area contributed by atoms with Crippen LogP contribution in [0.15, 0.2) is 60.8 Å². The maximum Gasteiger partial charge on any atom is 0.162 e. The summed E-state index contributed by atoms with van der Waals surface area (Å²) in [6.07, 6.45) is 1.61. The Balaban J connectivity index is 1.58. The average molecular weight is 438 g/mol. The number of methoxy groups -OCH3 is 1. The van der Waals surface area contributed by atoms with Crippen molar-refractivity contribution in [2.75, 3.05) is 13.7 Å². The first-order chi connectivity index (χ1) is 15.0. The number of nitrogens with zero attached hydrogens (tertiary/aromatic N) is 3. The molecule has 0 spiro atoms. The minimum atomic E-state index is -0.529. The molecule has 0 fully saturated rings. The second kappa shape index (κ2) is 8.53. The fraction of sp³-hybridized carbons (Fsp3) is 0.0909. The van der Waals surface area contributed by atoms with Crippen molar-refractivity contribution in [1.29, 1.82) is 10.8 Å². The largest absolute Gasteiger partial charge is 0.497 e. The number of fused-ring (bicyclic) bond motifs is 1. The maximum atomic E-state index is 13.5. The summed E-state index contributed by atoms with van der Waals surface area (Å²) >= 11 is 5.86. The van der Waals surface area contributed by atoms with Gasteiger partial charge in [0.2, 0.25) is 0 Å². The van der Waals surface area contributed by atoms with Crippen molar-refractivity contribution in [3.8, 4) is 22.8 Å². The van der Waals surface area contributed by atoms with E-state index in [2.05, 4.69) is 10.1 Å². The molecule has 156 valence electrons. The fourth-order valence-electron chi connectivity index (χ4n) is 3.00. The molecule has 0 radical (unpaired) electrons. The second-order valence-corrected chi connectivity index (χ2v) is 6.98. The molecule has 2 aromatic heterocycles. The molecule has 4 rings (SSSR count). The van der Waals surface area contributed by atoms with Gasteiger partial charge >= 0.3 is 0 Å². The Hall–Kier alpha value is -3.78. The van der Waals surface area contributed by atoms with Crippen molar-refractivity contribution in [3.05, 3.63) is 77.1 Å². The molecule has 0 amide bonds. The summed E-state index contributed by atoms with van der Waals surface area (Å²) in [5.74, 6) is 0.657. The standard InChI is InChI=1S/C22H17ClFN5O2/c1-30-14-3-4-15-19(11-14)27-9-8-20(15)31-12-22(26)29-21(25)7-6-18(28-29)13-2-5-17(24)16(23)10-13/h2-11,25-26H,12H2,1H3. The maximum absolute atomic E-state index is 13.5. The second-order valence-electron chi connectivity index (χ2n) is 6.57. The molecule has 0 aliphatic heterocycles. The van der Waals surface area contributed by atoms with Crippen LogP contribution in [0.2, 0.25) is 5.02 Å². The first kappa shape index (κ1) is 20.5. The molecule has 4 aromatic rings. The van der Waals surface area contributed by atoms with Crippen LogP contribution in [0.25, 0.3) is 22.2 Å². The van der Waals surface area contributed by atoms with Crippen LogP contribution in [-0.2, 0) is 0 Å². The molecular weight excluding hydrogens is 421 g/mol. The normalized spacial score (nSPS) is 10.8. The highest BCUT2D eigenvalue weighted by molar-refractivity contribution is 6.31. The highest BCUT2D eigenvalue weighted by atomic mass is 35.5. The number of rotatable bonds is 5. The topological polar surface area (TPSA) is 96.9 Å². The van der Waals surface area contributed by atoms with E-state index in [1.165, 1.54) is 24.3 Å². The minimum absolute atomic E-state index is 0.00915. The molecule has 0 aliphatic carbocycles. The molecular formula is C22H17ClFN5O2. The smallest absolute Gasteiger partial charge is 0.162 e. The van der Waals surface area contributed by atoms with Crippen molar-refractivity contribution in [1.82, 2.24) is 14.8 Å². The van der Waals surface area contributed by atoms with E-state index < -0.39 is 5.82 Å². The van der Waals surface area contributed by atoms with Crippen molar-refractivity contribution >= 4 is 28.3 Å². The number of nitrogens with one attached hydrogen (secondary N) is 2. The Bertz CT molecular complexity index is 1360. The molecule has 31 heavy (non-hydrogen) atoms. The fourth-order valence-corrected chi connectivity index (χ4v) is 3.18. The molecule has 2 aromatic carbocycles. The van der Waals surface area contributed by atoms with Crippen molar-refractivity contribution in [2.24, 2.45) is 0 Å². The van der Waals surface area contributed by atoms with E-state index in [4.69, 9.17) is 31.9 Å². The van der Waals surface area contributed by atoms with Gasteiger partial charge in [-0.1, -0.05) is 11.6 Å². The van der Waals surface area contributed by atoms with Crippen LogP contribution in [0, 0.1) is 16.6 Å². The van der Waals surface area contributed by atoms with E-state index in [0.29, 0.717) is 28.3 Å². The highest BCUT2D eigenvalue weighted by Gasteiger charge is 2.11. The lowest BCUT2D eigenvalue weighted by Gasteiger charge is -2.12. The predicted octanol–water partition coefficient (Wildman–Crippen LogP) is 4.28. The molecule has 0 saturated carbocycles. The van der Waals surface area contributed by atoms with Crippen molar-refractivity contribution < 1.29 is 13.9 Å². The van der Waals surface area contributed by atoms with E-state index in [1.807, 2.05) is 6.07 Å². The predicted molar refractivity (Wildman–Crippen MR) is 115 cm³/mol. The Morgan fingerprint density at radius 1 is 1.13 bits per heavy atom. The summed E-state index contributed by atoms with van der Waals surface area (Å²) in [4.78, 5) is 4.31. The molecule has 0 bridgehead atoms. The third-order valence-electron chi connectivity index (χ3n) is 4.58. The van der Waals surface area contributed by atoms with Crippen LogP contribution in [0.4, 0.5) is 4.39 Å². The van der Waals surface area contributed by atoms with Crippen LogP contribution in [-0.4, -0.2) is 34.3 Å². The number of hydrogen-bond donors (Lipinski definition) is 2. The van der Waals surface area contributed by atoms with Gasteiger partial charge in [0.15, 0.2) is 5.84 Å². The Labute approximate surface area is 181 Å². The molecule has 9 heteroatoms. The van der Waals surface area contributed by atoms with E-state index >= 15 is 0 Å². The Morgan fingerprint density at radius 2 is 1.97 bits per heavy atom. The average Bonchev–Trinajstić information content (AvgIpc) is 2.79. The number of benzene rings is 2. The van der Waals surface area contributed by atoms with Crippen LogP contribution >= 0.6 is 11.6 Å².